The summed E-state index contributed by atoms with van der Waals surface area (Å²) < 4.78 is 45.7. The van der Waals surface area contributed by atoms with Gasteiger partial charge in [0.25, 0.3) is 0 Å². The van der Waals surface area contributed by atoms with Gasteiger partial charge in [-0.15, -0.1) is 0 Å². The topological polar surface area (TPSA) is 133 Å². The first-order valence-electron chi connectivity index (χ1n) is 7.44. The molecular formula is C14H17F4N3O5. The number of halogens is 4. The van der Waals surface area contributed by atoms with E-state index in [4.69, 9.17) is 15.0 Å². The van der Waals surface area contributed by atoms with Crippen LogP contribution in [0.15, 0.2) is 6.33 Å². The monoisotopic (exact) mass is 383 g/mol. The minimum absolute atomic E-state index is 0.0157. The van der Waals surface area contributed by atoms with Crippen LogP contribution in [-0.2, 0) is 16.0 Å². The third kappa shape index (κ3) is 5.79. The first-order chi connectivity index (χ1) is 12.0. The molecule has 12 heteroatoms. The summed E-state index contributed by atoms with van der Waals surface area (Å²) in [5, 5.41) is 28.6. The minimum atomic E-state index is -5.08. The summed E-state index contributed by atoms with van der Waals surface area (Å²) in [6, 6.07) is -0.504. The molecule has 0 bridgehead atoms. The molecule has 2 rings (SSSR count). The molecule has 0 aromatic carbocycles. The van der Waals surface area contributed by atoms with Crippen LogP contribution in [0, 0.1) is 11.7 Å². The van der Waals surface area contributed by atoms with Crippen molar-refractivity contribution in [2.24, 2.45) is 5.92 Å². The molecule has 8 nitrogen and oxygen atoms in total. The van der Waals surface area contributed by atoms with Gasteiger partial charge in [0.2, 0.25) is 0 Å². The average molecular weight is 383 g/mol. The van der Waals surface area contributed by atoms with Crippen molar-refractivity contribution in [3.63, 3.8) is 0 Å². The van der Waals surface area contributed by atoms with Gasteiger partial charge in [-0.05, 0) is 19.3 Å². The Balaban J connectivity index is 0.000000412. The van der Waals surface area contributed by atoms with Crippen molar-refractivity contribution in [3.05, 3.63) is 17.8 Å². The molecule has 1 aliphatic carbocycles. The number of aliphatic carboxylic acids is 2. The molecule has 0 aliphatic heterocycles. The van der Waals surface area contributed by atoms with E-state index in [-0.39, 0.29) is 18.7 Å². The van der Waals surface area contributed by atoms with Gasteiger partial charge in [0, 0.05) is 0 Å². The van der Waals surface area contributed by atoms with Crippen LogP contribution in [0.4, 0.5) is 23.4 Å². The Morgan fingerprint density at radius 3 is 2.27 bits per heavy atom. The van der Waals surface area contributed by atoms with E-state index in [1.807, 2.05) is 0 Å². The highest BCUT2D eigenvalue weighted by molar-refractivity contribution is 5.73. The number of anilines is 1. The molecule has 4 N–H and O–H groups in total. The maximum atomic E-state index is 13.9. The number of carboxylic acid groups (broad SMARTS) is 2. The molecule has 1 aliphatic rings. The molecule has 0 saturated heterocycles. The molecule has 1 fully saturated rings. The van der Waals surface area contributed by atoms with E-state index in [1.54, 1.807) is 6.92 Å². The second-order valence-corrected chi connectivity index (χ2v) is 5.46. The molecule has 26 heavy (non-hydrogen) atoms. The normalized spacial score (nSPS) is 22.3. The van der Waals surface area contributed by atoms with Gasteiger partial charge in [0.15, 0.2) is 11.6 Å². The summed E-state index contributed by atoms with van der Waals surface area (Å²) in [5.74, 6) is -4.84. The lowest BCUT2D eigenvalue weighted by Gasteiger charge is -2.17. The van der Waals surface area contributed by atoms with Crippen molar-refractivity contribution in [1.82, 2.24) is 9.97 Å². The van der Waals surface area contributed by atoms with Crippen molar-refractivity contribution in [1.29, 1.82) is 0 Å². The van der Waals surface area contributed by atoms with Crippen molar-refractivity contribution in [2.45, 2.75) is 44.5 Å². The van der Waals surface area contributed by atoms with Crippen LogP contribution in [0.3, 0.4) is 0 Å². The van der Waals surface area contributed by atoms with E-state index in [0.29, 0.717) is 12.1 Å². The zero-order valence-corrected chi connectivity index (χ0v) is 13.5. The van der Waals surface area contributed by atoms with Gasteiger partial charge in [-0.25, -0.2) is 19.2 Å². The van der Waals surface area contributed by atoms with Gasteiger partial charge in [0.05, 0.1) is 23.8 Å². The summed E-state index contributed by atoms with van der Waals surface area (Å²) in [5.41, 5.74) is 0.291. The zero-order valence-electron chi connectivity index (χ0n) is 13.5. The number of aromatic nitrogens is 2. The highest BCUT2D eigenvalue weighted by Crippen LogP contribution is 2.29. The number of hydrogen-bond donors (Lipinski definition) is 4. The van der Waals surface area contributed by atoms with Gasteiger partial charge in [-0.1, -0.05) is 6.92 Å². The summed E-state index contributed by atoms with van der Waals surface area (Å²) in [6.07, 6.45) is -3.80. The van der Waals surface area contributed by atoms with Gasteiger partial charge in [0.1, 0.15) is 6.33 Å². The fraction of sp³-hybridized carbons (Fsp3) is 0.571. The lowest BCUT2D eigenvalue weighted by molar-refractivity contribution is -0.192. The first kappa shape index (κ1) is 21.5. The fourth-order valence-corrected chi connectivity index (χ4v) is 2.30. The summed E-state index contributed by atoms with van der Waals surface area (Å²) >= 11 is 0. The molecule has 146 valence electrons. The average Bonchev–Trinajstić information content (AvgIpc) is 2.90. The zero-order chi connectivity index (χ0) is 20.1. The number of aliphatic hydroxyl groups excluding tert-OH is 1. The van der Waals surface area contributed by atoms with E-state index in [0.717, 1.165) is 0 Å². The van der Waals surface area contributed by atoms with Crippen molar-refractivity contribution in [3.8, 4) is 0 Å². The maximum Gasteiger partial charge on any atom is 0.490 e. The van der Waals surface area contributed by atoms with Gasteiger partial charge in [-0.2, -0.15) is 13.2 Å². The Morgan fingerprint density at radius 1 is 1.27 bits per heavy atom. The van der Waals surface area contributed by atoms with E-state index in [9.17, 15) is 27.5 Å². The Labute approximate surface area is 144 Å². The molecular weight excluding hydrogens is 366 g/mol. The third-order valence-corrected chi connectivity index (χ3v) is 3.64. The second-order valence-electron chi connectivity index (χ2n) is 5.46. The molecule has 0 spiro atoms. The molecule has 3 unspecified atom stereocenters. The first-order valence-corrected chi connectivity index (χ1v) is 7.44. The lowest BCUT2D eigenvalue weighted by Crippen LogP contribution is -2.29. The number of rotatable bonds is 4. The van der Waals surface area contributed by atoms with Crippen molar-refractivity contribution < 1.29 is 42.5 Å². The number of aryl methyl sites for hydroxylation is 1. The highest BCUT2D eigenvalue weighted by atomic mass is 19.4. The van der Waals surface area contributed by atoms with E-state index in [1.165, 1.54) is 6.33 Å². The predicted molar refractivity (Wildman–Crippen MR) is 78.8 cm³/mol. The molecule has 0 radical (unpaired) electrons. The van der Waals surface area contributed by atoms with Gasteiger partial charge in [-0.3, -0.25) is 4.79 Å². The van der Waals surface area contributed by atoms with Gasteiger partial charge < -0.3 is 20.6 Å². The smallest absolute Gasteiger partial charge is 0.481 e. The fourth-order valence-electron chi connectivity index (χ4n) is 2.30. The number of alkyl halides is 3. The number of aliphatic hydroxyl groups is 1. The maximum absolute atomic E-state index is 13.9. The van der Waals surface area contributed by atoms with Gasteiger partial charge >= 0.3 is 18.1 Å². The van der Waals surface area contributed by atoms with Crippen molar-refractivity contribution in [2.75, 3.05) is 5.32 Å². The van der Waals surface area contributed by atoms with Crippen molar-refractivity contribution >= 4 is 17.8 Å². The Kier molecular flexibility index (Phi) is 7.24. The van der Waals surface area contributed by atoms with E-state index in [2.05, 4.69) is 15.3 Å². The molecule has 1 heterocycles. The summed E-state index contributed by atoms with van der Waals surface area (Å²) in [4.78, 5) is 27.4. The molecule has 0 amide bonds. The Morgan fingerprint density at radius 2 is 1.85 bits per heavy atom. The van der Waals surface area contributed by atoms with Crippen LogP contribution >= 0.6 is 0 Å². The predicted octanol–water partition coefficient (Wildman–Crippen LogP) is 1.45. The summed E-state index contributed by atoms with van der Waals surface area (Å²) in [7, 11) is 0. The molecule has 3 atom stereocenters. The van der Waals surface area contributed by atoms with E-state index < -0.39 is 42.0 Å². The SMILES string of the molecule is CCc1ncnc(NC2CC(C(=O)O)CC2O)c1F.O=C(O)C(F)(F)F. The Hall–Kier alpha value is -2.50. The second kappa shape index (κ2) is 8.74. The van der Waals surface area contributed by atoms with Crippen LogP contribution in [-0.4, -0.2) is 55.5 Å². The number of carbonyl (C=O) groups is 2. The quantitative estimate of drug-likeness (QED) is 0.574. The minimum Gasteiger partial charge on any atom is -0.481 e. The Bertz CT molecular complexity index is 656. The van der Waals surface area contributed by atoms with Crippen LogP contribution < -0.4 is 5.32 Å². The standard InChI is InChI=1S/C12H16FN3O3.C2HF3O2/c1-2-7-10(13)11(15-5-14-7)16-8-3-6(12(18)19)4-9(8)17;3-2(4,5)1(6)7/h5-6,8-9,17H,2-4H2,1H3,(H,18,19)(H,14,15,16);(H,6,7). The number of hydrogen-bond acceptors (Lipinski definition) is 6. The van der Waals surface area contributed by atoms with Crippen LogP contribution in [0.5, 0.6) is 0 Å². The summed E-state index contributed by atoms with van der Waals surface area (Å²) in [6.45, 7) is 1.78. The molecule has 1 aromatic heterocycles. The largest absolute Gasteiger partial charge is 0.490 e. The van der Waals surface area contributed by atoms with Crippen LogP contribution in [0.2, 0.25) is 0 Å². The van der Waals surface area contributed by atoms with Crippen LogP contribution in [0.1, 0.15) is 25.5 Å². The number of nitrogens with zero attached hydrogens (tertiary/aromatic N) is 2. The molecule has 1 aromatic rings. The number of carboxylic acids is 2. The third-order valence-electron chi connectivity index (χ3n) is 3.64. The van der Waals surface area contributed by atoms with Crippen LogP contribution in [0.25, 0.3) is 0 Å². The highest BCUT2D eigenvalue weighted by Gasteiger charge is 2.38. The lowest BCUT2D eigenvalue weighted by atomic mass is 10.1. The van der Waals surface area contributed by atoms with E-state index >= 15 is 0 Å². The molecule has 1 saturated carbocycles. The number of nitrogens with one attached hydrogen (secondary N) is 1.